The molecule has 0 spiro atoms. The molecule has 1 aliphatic rings. The molecule has 3 aromatic carbocycles. The second kappa shape index (κ2) is 10.4. The van der Waals surface area contributed by atoms with Gasteiger partial charge in [-0.1, -0.05) is 42.0 Å². The average molecular weight is 472 g/mol. The summed E-state index contributed by atoms with van der Waals surface area (Å²) in [6, 6.07) is 22.3. The number of methoxy groups -OCH3 is 2. The second-order valence-corrected chi connectivity index (χ2v) is 8.54. The van der Waals surface area contributed by atoms with E-state index in [0.29, 0.717) is 17.7 Å². The molecule has 0 aromatic heterocycles. The molecule has 4 rings (SSSR count). The molecule has 0 aliphatic carbocycles. The van der Waals surface area contributed by atoms with Gasteiger partial charge in [-0.15, -0.1) is 0 Å². The zero-order valence-corrected chi connectivity index (χ0v) is 20.4. The summed E-state index contributed by atoms with van der Waals surface area (Å²) in [6.07, 6.45) is 0.568. The first-order chi connectivity index (χ1) is 16.9. The van der Waals surface area contributed by atoms with Gasteiger partial charge in [0.05, 0.1) is 26.0 Å². The van der Waals surface area contributed by atoms with E-state index in [-0.39, 0.29) is 24.4 Å². The van der Waals surface area contributed by atoms with Gasteiger partial charge in [0.25, 0.3) is 11.8 Å². The lowest BCUT2D eigenvalue weighted by Crippen LogP contribution is -2.39. The lowest BCUT2D eigenvalue weighted by Gasteiger charge is -2.25. The summed E-state index contributed by atoms with van der Waals surface area (Å²) in [5, 5.41) is 6.22. The molecule has 0 N–H and O–H groups in total. The SMILES string of the molecule is COc1ccc(C(=O)N(C)CC(=O)N2N=C(c3cccc(OC)c3)CC2c2ccc(C)cc2)cc1. The van der Waals surface area contributed by atoms with E-state index in [1.54, 1.807) is 45.5 Å². The van der Waals surface area contributed by atoms with E-state index in [0.717, 1.165) is 28.2 Å². The molecule has 1 aliphatic heterocycles. The molecule has 1 unspecified atom stereocenters. The normalized spacial score (nSPS) is 14.9. The molecule has 7 nitrogen and oxygen atoms in total. The Bertz CT molecular complexity index is 1240. The van der Waals surface area contributed by atoms with Crippen molar-refractivity contribution in [1.82, 2.24) is 9.91 Å². The smallest absolute Gasteiger partial charge is 0.262 e. The van der Waals surface area contributed by atoms with Gasteiger partial charge in [0.15, 0.2) is 0 Å². The molecule has 1 atom stereocenters. The molecular formula is C28H29N3O4. The highest BCUT2D eigenvalue weighted by molar-refractivity contribution is 6.04. The van der Waals surface area contributed by atoms with Gasteiger partial charge in [0, 0.05) is 24.6 Å². The first-order valence-corrected chi connectivity index (χ1v) is 11.4. The lowest BCUT2D eigenvalue weighted by molar-refractivity contribution is -0.133. The third kappa shape index (κ3) is 5.35. The van der Waals surface area contributed by atoms with Crippen LogP contribution in [0.1, 0.15) is 39.5 Å². The van der Waals surface area contributed by atoms with Crippen molar-refractivity contribution in [2.24, 2.45) is 5.10 Å². The number of rotatable bonds is 7. The van der Waals surface area contributed by atoms with E-state index in [1.165, 1.54) is 9.91 Å². The molecule has 180 valence electrons. The molecule has 0 radical (unpaired) electrons. The number of amides is 2. The van der Waals surface area contributed by atoms with Crippen molar-refractivity contribution in [3.63, 3.8) is 0 Å². The Morgan fingerprint density at radius 3 is 2.31 bits per heavy atom. The Balaban J connectivity index is 1.58. The van der Waals surface area contributed by atoms with Crippen molar-refractivity contribution in [1.29, 1.82) is 0 Å². The molecule has 7 heteroatoms. The third-order valence-corrected chi connectivity index (χ3v) is 6.09. The first-order valence-electron chi connectivity index (χ1n) is 11.4. The number of ether oxygens (including phenoxy) is 2. The average Bonchev–Trinajstić information content (AvgIpc) is 3.34. The van der Waals surface area contributed by atoms with Crippen LogP contribution in [0.5, 0.6) is 11.5 Å². The molecule has 2 amide bonds. The second-order valence-electron chi connectivity index (χ2n) is 8.54. The first kappa shape index (κ1) is 24.0. The fourth-order valence-electron chi connectivity index (χ4n) is 4.07. The standard InChI is InChI=1S/C28H29N3O4/c1-19-8-10-20(11-9-19)26-17-25(22-6-5-7-24(16-22)35-4)29-31(26)27(32)18-30(2)28(33)21-12-14-23(34-3)15-13-21/h5-16,26H,17-18H2,1-4H3. The van der Waals surface area contributed by atoms with Crippen molar-refractivity contribution in [2.75, 3.05) is 27.8 Å². The zero-order chi connectivity index (χ0) is 24.9. The minimum absolute atomic E-state index is 0.0951. The summed E-state index contributed by atoms with van der Waals surface area (Å²) in [7, 11) is 4.81. The number of carbonyl (C=O) groups is 2. The molecule has 0 saturated carbocycles. The minimum atomic E-state index is -0.256. The maximum absolute atomic E-state index is 13.4. The highest BCUT2D eigenvalue weighted by Crippen LogP contribution is 2.33. The van der Waals surface area contributed by atoms with E-state index in [9.17, 15) is 9.59 Å². The monoisotopic (exact) mass is 471 g/mol. The minimum Gasteiger partial charge on any atom is -0.497 e. The van der Waals surface area contributed by atoms with Gasteiger partial charge >= 0.3 is 0 Å². The Hall–Kier alpha value is -4.13. The highest BCUT2D eigenvalue weighted by atomic mass is 16.5. The van der Waals surface area contributed by atoms with Gasteiger partial charge < -0.3 is 14.4 Å². The molecule has 0 fully saturated rings. The molecular weight excluding hydrogens is 442 g/mol. The van der Waals surface area contributed by atoms with Gasteiger partial charge in [-0.3, -0.25) is 9.59 Å². The van der Waals surface area contributed by atoms with Crippen LogP contribution in [0.3, 0.4) is 0 Å². The zero-order valence-electron chi connectivity index (χ0n) is 20.4. The van der Waals surface area contributed by atoms with Gasteiger partial charge in [0.1, 0.15) is 18.0 Å². The third-order valence-electron chi connectivity index (χ3n) is 6.09. The quantitative estimate of drug-likeness (QED) is 0.510. The van der Waals surface area contributed by atoms with Crippen LogP contribution in [-0.4, -0.2) is 55.2 Å². The van der Waals surface area contributed by atoms with Crippen LogP contribution < -0.4 is 9.47 Å². The number of hydrogen-bond donors (Lipinski definition) is 0. The van der Waals surface area contributed by atoms with Crippen molar-refractivity contribution in [3.05, 3.63) is 95.1 Å². The van der Waals surface area contributed by atoms with E-state index < -0.39 is 0 Å². The van der Waals surface area contributed by atoms with Crippen LogP contribution in [0.25, 0.3) is 0 Å². The van der Waals surface area contributed by atoms with Crippen LogP contribution in [0.4, 0.5) is 0 Å². The Morgan fingerprint density at radius 2 is 1.66 bits per heavy atom. The molecule has 1 heterocycles. The van der Waals surface area contributed by atoms with Crippen LogP contribution in [0.15, 0.2) is 77.9 Å². The molecule has 0 saturated heterocycles. The Morgan fingerprint density at radius 1 is 0.971 bits per heavy atom. The fraction of sp³-hybridized carbons (Fsp3) is 0.250. The van der Waals surface area contributed by atoms with Gasteiger partial charge in [0.2, 0.25) is 0 Å². The summed E-state index contributed by atoms with van der Waals surface area (Å²) < 4.78 is 10.5. The largest absolute Gasteiger partial charge is 0.497 e. The van der Waals surface area contributed by atoms with Crippen molar-refractivity contribution >= 4 is 17.5 Å². The number of hydrazone groups is 1. The van der Waals surface area contributed by atoms with E-state index in [1.807, 2.05) is 55.5 Å². The summed E-state index contributed by atoms with van der Waals surface area (Å²) >= 11 is 0. The van der Waals surface area contributed by atoms with Crippen LogP contribution in [0, 0.1) is 6.92 Å². The van der Waals surface area contributed by atoms with Gasteiger partial charge in [-0.05, 0) is 48.9 Å². The molecule has 0 bridgehead atoms. The summed E-state index contributed by atoms with van der Waals surface area (Å²) in [4.78, 5) is 27.7. The summed E-state index contributed by atoms with van der Waals surface area (Å²) in [5.74, 6) is 0.895. The number of benzene rings is 3. The molecule has 35 heavy (non-hydrogen) atoms. The van der Waals surface area contributed by atoms with Crippen LogP contribution >= 0.6 is 0 Å². The topological polar surface area (TPSA) is 71.4 Å². The van der Waals surface area contributed by atoms with E-state index in [2.05, 4.69) is 0 Å². The number of likely N-dealkylation sites (N-methyl/N-ethyl adjacent to an activating group) is 1. The fourth-order valence-corrected chi connectivity index (χ4v) is 4.07. The Labute approximate surface area is 205 Å². The summed E-state index contributed by atoms with van der Waals surface area (Å²) in [6.45, 7) is 1.93. The van der Waals surface area contributed by atoms with Gasteiger partial charge in [-0.25, -0.2) is 5.01 Å². The van der Waals surface area contributed by atoms with Crippen LogP contribution in [0.2, 0.25) is 0 Å². The van der Waals surface area contributed by atoms with Crippen molar-refractivity contribution in [3.8, 4) is 11.5 Å². The predicted molar refractivity (Wildman–Crippen MR) is 135 cm³/mol. The maximum atomic E-state index is 13.4. The number of hydrogen-bond acceptors (Lipinski definition) is 5. The van der Waals surface area contributed by atoms with Crippen molar-refractivity contribution < 1.29 is 19.1 Å². The highest BCUT2D eigenvalue weighted by Gasteiger charge is 2.34. The lowest BCUT2D eigenvalue weighted by atomic mass is 9.97. The predicted octanol–water partition coefficient (Wildman–Crippen LogP) is 4.46. The van der Waals surface area contributed by atoms with E-state index in [4.69, 9.17) is 14.6 Å². The Kier molecular flexibility index (Phi) is 7.15. The molecule has 3 aromatic rings. The van der Waals surface area contributed by atoms with Gasteiger partial charge in [-0.2, -0.15) is 5.10 Å². The van der Waals surface area contributed by atoms with Crippen LogP contribution in [-0.2, 0) is 4.79 Å². The number of aryl methyl sites for hydroxylation is 1. The summed E-state index contributed by atoms with van der Waals surface area (Å²) in [5.41, 5.74) is 4.32. The maximum Gasteiger partial charge on any atom is 0.262 e. The number of nitrogens with zero attached hydrogens (tertiary/aromatic N) is 3. The van der Waals surface area contributed by atoms with E-state index >= 15 is 0 Å². The number of carbonyl (C=O) groups excluding carboxylic acids is 2. The van der Waals surface area contributed by atoms with Crippen molar-refractivity contribution in [2.45, 2.75) is 19.4 Å².